The van der Waals surface area contributed by atoms with Crippen molar-refractivity contribution in [3.05, 3.63) is 42.5 Å². The number of methoxy groups -OCH3 is 1. The van der Waals surface area contributed by atoms with E-state index in [2.05, 4.69) is 29.1 Å². The summed E-state index contributed by atoms with van der Waals surface area (Å²) in [7, 11) is 1.66. The van der Waals surface area contributed by atoms with Crippen LogP contribution in [0.2, 0.25) is 0 Å². The Morgan fingerprint density at radius 2 is 1.91 bits per heavy atom. The molecule has 0 amide bonds. The van der Waals surface area contributed by atoms with Crippen LogP contribution in [0.5, 0.6) is 11.5 Å². The highest BCUT2D eigenvalue weighted by atomic mass is 16.5. The van der Waals surface area contributed by atoms with Gasteiger partial charge >= 0.3 is 0 Å². The van der Waals surface area contributed by atoms with Crippen LogP contribution in [0.4, 0.5) is 0 Å². The van der Waals surface area contributed by atoms with Crippen LogP contribution in [-0.4, -0.2) is 35.8 Å². The molecule has 0 aliphatic carbocycles. The summed E-state index contributed by atoms with van der Waals surface area (Å²) in [6, 6.07) is 7.65. The van der Waals surface area contributed by atoms with E-state index >= 15 is 0 Å². The van der Waals surface area contributed by atoms with E-state index in [-0.39, 0.29) is 5.54 Å². The number of nitrogens with zero attached hydrogens (tertiary/aromatic N) is 1. The van der Waals surface area contributed by atoms with E-state index in [1.807, 2.05) is 30.5 Å². The molecule has 0 saturated heterocycles. The third-order valence-corrected chi connectivity index (χ3v) is 3.41. The van der Waals surface area contributed by atoms with Crippen molar-refractivity contribution in [2.24, 2.45) is 0 Å². The topological polar surface area (TPSA) is 59.2 Å². The van der Waals surface area contributed by atoms with Crippen LogP contribution in [0.1, 0.15) is 26.1 Å². The molecule has 0 fully saturated rings. The highest BCUT2D eigenvalue weighted by Gasteiger charge is 2.17. The Morgan fingerprint density at radius 3 is 2.55 bits per heavy atom. The van der Waals surface area contributed by atoms with Crippen LogP contribution in [-0.2, 0) is 6.42 Å². The lowest BCUT2D eigenvalue weighted by Gasteiger charge is -2.26. The Labute approximate surface area is 132 Å². The minimum Gasteiger partial charge on any atom is -0.497 e. The molecule has 0 spiro atoms. The fraction of sp³-hybridized carbons (Fsp3) is 0.471. The predicted molar refractivity (Wildman–Crippen MR) is 87.5 cm³/mol. The molecule has 2 aromatic rings. The predicted octanol–water partition coefficient (Wildman–Crippen LogP) is 2.80. The van der Waals surface area contributed by atoms with Crippen LogP contribution in [0.25, 0.3) is 0 Å². The van der Waals surface area contributed by atoms with Crippen molar-refractivity contribution in [1.82, 2.24) is 15.3 Å². The van der Waals surface area contributed by atoms with Gasteiger partial charge in [-0.25, -0.2) is 4.98 Å². The fourth-order valence-corrected chi connectivity index (χ4v) is 2.10. The van der Waals surface area contributed by atoms with Crippen molar-refractivity contribution in [2.75, 3.05) is 20.3 Å². The van der Waals surface area contributed by atoms with Gasteiger partial charge in [-0.1, -0.05) is 0 Å². The number of hydrogen-bond acceptors (Lipinski definition) is 4. The molecule has 0 atom stereocenters. The van der Waals surface area contributed by atoms with Crippen LogP contribution in [0.15, 0.2) is 36.7 Å². The summed E-state index contributed by atoms with van der Waals surface area (Å²) in [5.74, 6) is 2.73. The minimum absolute atomic E-state index is 0.0803. The van der Waals surface area contributed by atoms with E-state index in [9.17, 15) is 0 Å². The van der Waals surface area contributed by atoms with Gasteiger partial charge in [0.15, 0.2) is 0 Å². The molecule has 5 heteroatoms. The molecule has 120 valence electrons. The number of ether oxygens (including phenoxy) is 2. The maximum atomic E-state index is 5.84. The molecular formula is C17H25N3O2. The molecule has 22 heavy (non-hydrogen) atoms. The second-order valence-corrected chi connectivity index (χ2v) is 5.91. The standard InChI is InChI=1S/C17H25N3O2/c1-17(2,20-10-4-5-16-18-11-12-19-16)13-22-15-8-6-14(21-3)7-9-15/h6-9,11-12,20H,4-5,10,13H2,1-3H3,(H,18,19). The molecule has 0 bridgehead atoms. The number of benzene rings is 1. The van der Waals surface area contributed by atoms with Crippen molar-refractivity contribution in [2.45, 2.75) is 32.2 Å². The molecule has 0 unspecified atom stereocenters. The number of hydrogen-bond donors (Lipinski definition) is 2. The quantitative estimate of drug-likeness (QED) is 0.699. The van der Waals surface area contributed by atoms with Gasteiger partial charge in [-0.3, -0.25) is 0 Å². The first-order valence-corrected chi connectivity index (χ1v) is 7.59. The number of H-pyrrole nitrogens is 1. The normalized spacial score (nSPS) is 11.4. The zero-order valence-electron chi connectivity index (χ0n) is 13.6. The molecule has 1 aromatic heterocycles. The molecule has 5 nitrogen and oxygen atoms in total. The summed E-state index contributed by atoms with van der Waals surface area (Å²) in [6.07, 6.45) is 5.64. The Kier molecular flexibility index (Phi) is 5.83. The number of aromatic nitrogens is 2. The molecule has 2 rings (SSSR count). The zero-order chi connectivity index (χ0) is 15.8. The lowest BCUT2D eigenvalue weighted by atomic mass is 10.1. The summed E-state index contributed by atoms with van der Waals surface area (Å²) in [6.45, 7) is 5.83. The van der Waals surface area contributed by atoms with Crippen molar-refractivity contribution in [1.29, 1.82) is 0 Å². The van der Waals surface area contributed by atoms with Gasteiger partial charge in [-0.05, 0) is 51.1 Å². The van der Waals surface area contributed by atoms with Gasteiger partial charge in [0, 0.05) is 24.4 Å². The van der Waals surface area contributed by atoms with Crippen molar-refractivity contribution in [3.8, 4) is 11.5 Å². The first-order chi connectivity index (χ1) is 10.6. The van der Waals surface area contributed by atoms with Crippen molar-refractivity contribution >= 4 is 0 Å². The Hall–Kier alpha value is -2.01. The summed E-state index contributed by atoms with van der Waals surface area (Å²) in [5, 5.41) is 3.52. The fourth-order valence-electron chi connectivity index (χ4n) is 2.10. The Balaban J connectivity index is 1.68. The lowest BCUT2D eigenvalue weighted by molar-refractivity contribution is 0.208. The third kappa shape index (κ3) is 5.41. The number of aryl methyl sites for hydroxylation is 1. The van der Waals surface area contributed by atoms with E-state index < -0.39 is 0 Å². The lowest BCUT2D eigenvalue weighted by Crippen LogP contribution is -2.45. The maximum absolute atomic E-state index is 5.84. The van der Waals surface area contributed by atoms with Crippen molar-refractivity contribution in [3.63, 3.8) is 0 Å². The highest BCUT2D eigenvalue weighted by molar-refractivity contribution is 5.31. The largest absolute Gasteiger partial charge is 0.497 e. The van der Waals surface area contributed by atoms with E-state index in [0.717, 1.165) is 36.7 Å². The van der Waals surface area contributed by atoms with Gasteiger partial charge < -0.3 is 19.8 Å². The number of aromatic amines is 1. The number of nitrogens with one attached hydrogen (secondary N) is 2. The van der Waals surface area contributed by atoms with Crippen LogP contribution >= 0.6 is 0 Å². The minimum atomic E-state index is -0.0803. The number of rotatable bonds is 9. The monoisotopic (exact) mass is 303 g/mol. The first-order valence-electron chi connectivity index (χ1n) is 7.59. The van der Waals surface area contributed by atoms with Crippen LogP contribution in [0.3, 0.4) is 0 Å². The van der Waals surface area contributed by atoms with E-state index in [1.165, 1.54) is 0 Å². The van der Waals surface area contributed by atoms with E-state index in [0.29, 0.717) is 6.61 Å². The van der Waals surface area contributed by atoms with Gasteiger partial charge in [0.2, 0.25) is 0 Å². The highest BCUT2D eigenvalue weighted by Crippen LogP contribution is 2.18. The summed E-state index contributed by atoms with van der Waals surface area (Å²) < 4.78 is 11.0. The Bertz CT molecular complexity index is 536. The summed E-state index contributed by atoms with van der Waals surface area (Å²) in [5.41, 5.74) is -0.0803. The van der Waals surface area contributed by atoms with Gasteiger partial charge in [0.25, 0.3) is 0 Å². The second kappa shape index (κ2) is 7.84. The third-order valence-electron chi connectivity index (χ3n) is 3.41. The molecule has 0 radical (unpaired) electrons. The van der Waals surface area contributed by atoms with Gasteiger partial charge in [-0.15, -0.1) is 0 Å². The Morgan fingerprint density at radius 1 is 1.18 bits per heavy atom. The first kappa shape index (κ1) is 16.4. The summed E-state index contributed by atoms with van der Waals surface area (Å²) >= 11 is 0. The number of imidazole rings is 1. The molecule has 0 aliphatic rings. The molecule has 2 N–H and O–H groups in total. The second-order valence-electron chi connectivity index (χ2n) is 5.91. The molecule has 0 saturated carbocycles. The van der Waals surface area contributed by atoms with Crippen LogP contribution < -0.4 is 14.8 Å². The maximum Gasteiger partial charge on any atom is 0.119 e. The zero-order valence-corrected chi connectivity index (χ0v) is 13.6. The average molecular weight is 303 g/mol. The molecule has 0 aliphatic heterocycles. The summed E-state index contributed by atoms with van der Waals surface area (Å²) in [4.78, 5) is 7.34. The molecular weight excluding hydrogens is 278 g/mol. The SMILES string of the molecule is COc1ccc(OCC(C)(C)NCCCc2ncc[nH]2)cc1. The van der Waals surface area contributed by atoms with Crippen molar-refractivity contribution < 1.29 is 9.47 Å². The van der Waals surface area contributed by atoms with Gasteiger partial charge in [0.05, 0.1) is 7.11 Å². The molecule has 1 heterocycles. The van der Waals surface area contributed by atoms with Gasteiger partial charge in [-0.2, -0.15) is 0 Å². The average Bonchev–Trinajstić information content (AvgIpc) is 3.04. The van der Waals surface area contributed by atoms with Crippen LogP contribution in [0, 0.1) is 0 Å². The van der Waals surface area contributed by atoms with E-state index in [4.69, 9.17) is 9.47 Å². The smallest absolute Gasteiger partial charge is 0.119 e. The molecule has 1 aromatic carbocycles. The van der Waals surface area contributed by atoms with Gasteiger partial charge in [0.1, 0.15) is 23.9 Å². The van der Waals surface area contributed by atoms with E-state index in [1.54, 1.807) is 13.3 Å².